The van der Waals surface area contributed by atoms with Gasteiger partial charge in [0.15, 0.2) is 5.11 Å². The van der Waals surface area contributed by atoms with Crippen molar-refractivity contribution < 1.29 is 13.2 Å². The first-order chi connectivity index (χ1) is 11.9. The Morgan fingerprint density at radius 3 is 2.68 bits per heavy atom. The molecule has 1 aliphatic heterocycles. The number of thiocarbonyl (C=S) groups is 1. The molecule has 1 aromatic carbocycles. The molecule has 3 N–H and O–H groups in total. The lowest BCUT2D eigenvalue weighted by Crippen LogP contribution is -2.52. The van der Waals surface area contributed by atoms with Gasteiger partial charge in [0.25, 0.3) is 0 Å². The van der Waals surface area contributed by atoms with Gasteiger partial charge in [0.1, 0.15) is 0 Å². The highest BCUT2D eigenvalue weighted by atomic mass is 32.2. The summed E-state index contributed by atoms with van der Waals surface area (Å²) >= 11 is 5.13. The van der Waals surface area contributed by atoms with E-state index >= 15 is 0 Å². The number of hydrogen-bond acceptors (Lipinski definition) is 4. The van der Waals surface area contributed by atoms with E-state index in [0.29, 0.717) is 31.0 Å². The summed E-state index contributed by atoms with van der Waals surface area (Å²) in [5, 5.41) is 3.36. The Morgan fingerprint density at radius 1 is 1.28 bits per heavy atom. The number of carbonyl (C=O) groups is 1. The molecular weight excluding hydrogens is 360 g/mol. The highest BCUT2D eigenvalue weighted by Crippen LogP contribution is 2.18. The lowest BCUT2D eigenvalue weighted by Gasteiger charge is -2.30. The lowest BCUT2D eigenvalue weighted by molar-refractivity contribution is -0.126. The molecule has 1 amide bonds. The van der Waals surface area contributed by atoms with E-state index in [4.69, 9.17) is 12.2 Å². The first kappa shape index (κ1) is 19.6. The van der Waals surface area contributed by atoms with Crippen molar-refractivity contribution >= 4 is 33.3 Å². The van der Waals surface area contributed by atoms with Gasteiger partial charge in [-0.05, 0) is 37.0 Å². The molecule has 2 rings (SSSR count). The average Bonchev–Trinajstić information content (AvgIpc) is 2.60. The van der Waals surface area contributed by atoms with Crippen molar-refractivity contribution in [2.75, 3.05) is 25.9 Å². The maximum Gasteiger partial charge on any atom is 0.242 e. The number of carbonyl (C=O) groups excluding carboxylic acids is 1. The van der Waals surface area contributed by atoms with Crippen LogP contribution in [0.1, 0.15) is 18.4 Å². The van der Waals surface area contributed by atoms with Gasteiger partial charge in [-0.3, -0.25) is 15.6 Å². The third kappa shape index (κ3) is 6.60. The van der Waals surface area contributed by atoms with Crippen LogP contribution in [0.4, 0.5) is 0 Å². The monoisotopic (exact) mass is 384 g/mol. The van der Waals surface area contributed by atoms with Gasteiger partial charge in [0, 0.05) is 19.6 Å². The number of nitrogens with one attached hydrogen (secondary N) is 3. The molecule has 25 heavy (non-hydrogen) atoms. The van der Waals surface area contributed by atoms with Crippen LogP contribution < -0.4 is 16.2 Å². The Balaban J connectivity index is 1.69. The molecule has 7 nitrogen and oxygen atoms in total. The predicted octanol–water partition coefficient (Wildman–Crippen LogP) is 0.396. The highest BCUT2D eigenvalue weighted by molar-refractivity contribution is 7.88. The van der Waals surface area contributed by atoms with Crippen LogP contribution in [0.5, 0.6) is 0 Å². The molecule has 9 heteroatoms. The summed E-state index contributed by atoms with van der Waals surface area (Å²) in [5.41, 5.74) is 6.43. The maximum atomic E-state index is 12.2. The van der Waals surface area contributed by atoms with E-state index in [1.165, 1.54) is 9.87 Å². The van der Waals surface area contributed by atoms with Gasteiger partial charge in [0.2, 0.25) is 15.9 Å². The van der Waals surface area contributed by atoms with Crippen molar-refractivity contribution in [1.82, 2.24) is 20.5 Å². The SMILES string of the molecule is CS(=O)(=O)N1CCCC(C(=O)NNC(=S)NCCc2ccccc2)C1. The van der Waals surface area contributed by atoms with Gasteiger partial charge >= 0.3 is 0 Å². The van der Waals surface area contributed by atoms with Crippen molar-refractivity contribution in [1.29, 1.82) is 0 Å². The van der Waals surface area contributed by atoms with Gasteiger partial charge in [-0.2, -0.15) is 0 Å². The second-order valence-corrected chi connectivity index (χ2v) is 8.46. The fourth-order valence-corrected chi connectivity index (χ4v) is 3.75. The number of piperidine rings is 1. The summed E-state index contributed by atoms with van der Waals surface area (Å²) in [7, 11) is -3.27. The molecule has 0 saturated carbocycles. The largest absolute Gasteiger partial charge is 0.361 e. The summed E-state index contributed by atoms with van der Waals surface area (Å²) in [4.78, 5) is 12.2. The van der Waals surface area contributed by atoms with Crippen LogP contribution in [-0.2, 0) is 21.2 Å². The van der Waals surface area contributed by atoms with Crippen molar-refractivity contribution in [2.45, 2.75) is 19.3 Å². The van der Waals surface area contributed by atoms with Crippen molar-refractivity contribution in [3.8, 4) is 0 Å². The quantitative estimate of drug-likeness (QED) is 0.503. The van der Waals surface area contributed by atoms with E-state index in [-0.39, 0.29) is 18.4 Å². The van der Waals surface area contributed by atoms with Gasteiger partial charge in [-0.1, -0.05) is 30.3 Å². The third-order valence-electron chi connectivity index (χ3n) is 4.07. The van der Waals surface area contributed by atoms with Crippen molar-refractivity contribution in [3.63, 3.8) is 0 Å². The van der Waals surface area contributed by atoms with Gasteiger partial charge in [-0.15, -0.1) is 0 Å². The van der Waals surface area contributed by atoms with Crippen molar-refractivity contribution in [3.05, 3.63) is 35.9 Å². The molecule has 1 atom stereocenters. The summed E-state index contributed by atoms with van der Waals surface area (Å²) in [6.07, 6.45) is 3.32. The smallest absolute Gasteiger partial charge is 0.242 e. The first-order valence-electron chi connectivity index (χ1n) is 8.19. The molecule has 1 unspecified atom stereocenters. The number of amides is 1. The average molecular weight is 385 g/mol. The maximum absolute atomic E-state index is 12.2. The van der Waals surface area contributed by atoms with E-state index < -0.39 is 10.0 Å². The summed E-state index contributed by atoms with van der Waals surface area (Å²) in [5.74, 6) is -0.622. The highest BCUT2D eigenvalue weighted by Gasteiger charge is 2.30. The predicted molar refractivity (Wildman–Crippen MR) is 101 cm³/mol. The van der Waals surface area contributed by atoms with E-state index in [9.17, 15) is 13.2 Å². The Labute approximate surface area is 154 Å². The standard InChI is InChI=1S/C16H24N4O3S2/c1-25(22,23)20-11-5-8-14(12-20)15(21)18-19-16(24)17-10-9-13-6-3-2-4-7-13/h2-4,6-7,14H,5,8-12H2,1H3,(H,18,21)(H2,17,19,24). The number of sulfonamides is 1. The van der Waals surface area contributed by atoms with Gasteiger partial charge < -0.3 is 5.32 Å². The van der Waals surface area contributed by atoms with E-state index in [2.05, 4.69) is 16.2 Å². The second kappa shape index (κ2) is 9.12. The fourth-order valence-electron chi connectivity index (χ4n) is 2.69. The Hall–Kier alpha value is -1.71. The minimum absolute atomic E-state index is 0.209. The van der Waals surface area contributed by atoms with Crippen LogP contribution in [0, 0.1) is 5.92 Å². The molecule has 1 aliphatic rings. The van der Waals surface area contributed by atoms with Crippen molar-refractivity contribution in [2.24, 2.45) is 5.92 Å². The number of nitrogens with zero attached hydrogens (tertiary/aromatic N) is 1. The van der Waals surface area contributed by atoms with Gasteiger partial charge in [0.05, 0.1) is 12.2 Å². The number of benzene rings is 1. The molecule has 1 fully saturated rings. The molecule has 0 aromatic heterocycles. The number of hydrogen-bond donors (Lipinski definition) is 3. The van der Waals surface area contributed by atoms with E-state index in [0.717, 1.165) is 12.7 Å². The topological polar surface area (TPSA) is 90.5 Å². The molecule has 0 bridgehead atoms. The van der Waals surface area contributed by atoms with Crippen LogP contribution >= 0.6 is 12.2 Å². The number of hydrazine groups is 1. The minimum atomic E-state index is -3.27. The van der Waals surface area contributed by atoms with Crippen LogP contribution in [0.15, 0.2) is 30.3 Å². The normalized spacial score (nSPS) is 18.4. The van der Waals surface area contributed by atoms with E-state index in [1.54, 1.807) is 0 Å². The third-order valence-corrected chi connectivity index (χ3v) is 5.58. The Bertz CT molecular complexity index is 695. The van der Waals surface area contributed by atoms with Crippen LogP contribution in [0.3, 0.4) is 0 Å². The molecular formula is C16H24N4O3S2. The van der Waals surface area contributed by atoms with Crippen LogP contribution in [0.2, 0.25) is 0 Å². The Kier molecular flexibility index (Phi) is 7.15. The molecule has 0 aliphatic carbocycles. The second-order valence-electron chi connectivity index (χ2n) is 6.07. The molecule has 0 spiro atoms. The summed E-state index contributed by atoms with van der Waals surface area (Å²) in [6.45, 7) is 1.33. The summed E-state index contributed by atoms with van der Waals surface area (Å²) < 4.78 is 24.6. The summed E-state index contributed by atoms with van der Waals surface area (Å²) in [6, 6.07) is 10.0. The van der Waals surface area contributed by atoms with Gasteiger partial charge in [-0.25, -0.2) is 12.7 Å². The zero-order valence-electron chi connectivity index (χ0n) is 14.2. The molecule has 138 valence electrons. The lowest BCUT2D eigenvalue weighted by atomic mass is 9.99. The van der Waals surface area contributed by atoms with Crippen LogP contribution in [0.25, 0.3) is 0 Å². The fraction of sp³-hybridized carbons (Fsp3) is 0.500. The molecule has 1 saturated heterocycles. The Morgan fingerprint density at radius 2 is 2.00 bits per heavy atom. The minimum Gasteiger partial charge on any atom is -0.361 e. The zero-order chi connectivity index (χ0) is 18.3. The van der Waals surface area contributed by atoms with Crippen LogP contribution in [-0.4, -0.2) is 49.6 Å². The number of rotatable bonds is 5. The zero-order valence-corrected chi connectivity index (χ0v) is 15.8. The molecule has 0 radical (unpaired) electrons. The first-order valence-corrected chi connectivity index (χ1v) is 10.4. The van der Waals surface area contributed by atoms with E-state index in [1.807, 2.05) is 30.3 Å². The molecule has 1 aromatic rings. The molecule has 1 heterocycles.